The van der Waals surface area contributed by atoms with Crippen LogP contribution in [0.1, 0.15) is 40.7 Å². The second-order valence-corrected chi connectivity index (χ2v) is 8.79. The molecule has 0 atom stereocenters. The first-order valence-corrected chi connectivity index (χ1v) is 10.1. The lowest BCUT2D eigenvalue weighted by molar-refractivity contribution is -0.118. The van der Waals surface area contributed by atoms with Crippen LogP contribution >= 0.6 is 34.4 Å². The van der Waals surface area contributed by atoms with E-state index < -0.39 is 0 Å². The highest BCUT2D eigenvalue weighted by Crippen LogP contribution is 2.36. The van der Waals surface area contributed by atoms with Crippen molar-refractivity contribution in [3.63, 3.8) is 0 Å². The van der Waals surface area contributed by atoms with Crippen LogP contribution in [0.5, 0.6) is 0 Å². The lowest BCUT2D eigenvalue weighted by Crippen LogP contribution is -2.32. The van der Waals surface area contributed by atoms with E-state index in [1.807, 2.05) is 26.0 Å². The maximum Gasteiger partial charge on any atom is 0.228 e. The van der Waals surface area contributed by atoms with E-state index in [9.17, 15) is 9.59 Å². The van der Waals surface area contributed by atoms with Crippen molar-refractivity contribution in [3.05, 3.63) is 21.9 Å². The Labute approximate surface area is 147 Å². The average molecular weight is 368 g/mol. The number of amides is 1. The monoisotopic (exact) mass is 367 g/mol. The molecule has 0 radical (unpaired) electrons. The number of aromatic nitrogens is 2. The molecule has 0 spiro atoms. The molecule has 23 heavy (non-hydrogen) atoms. The Morgan fingerprint density at radius 1 is 1.30 bits per heavy atom. The lowest BCUT2D eigenvalue weighted by atomic mass is 10.3. The molecule has 1 fully saturated rings. The number of thioether (sulfide) groups is 1. The highest BCUT2D eigenvalue weighted by atomic mass is 32.2. The van der Waals surface area contributed by atoms with Gasteiger partial charge in [0.2, 0.25) is 11.0 Å². The van der Waals surface area contributed by atoms with Gasteiger partial charge in [-0.05, 0) is 31.9 Å². The standard InChI is InChI=1S/C15H17N3O2S3/c1-3-13(20)18(10-5-6-10)14-16-17-15(23-14)21-8-11(19)12-7-4-9(2)22-12/h4,7,10H,3,5-6,8H2,1-2H3. The Morgan fingerprint density at radius 2 is 2.09 bits per heavy atom. The number of thiophene rings is 1. The lowest BCUT2D eigenvalue weighted by Gasteiger charge is -2.17. The Bertz CT molecular complexity index is 721. The molecule has 0 bridgehead atoms. The third kappa shape index (κ3) is 3.99. The summed E-state index contributed by atoms with van der Waals surface area (Å²) in [7, 11) is 0. The van der Waals surface area contributed by atoms with Crippen molar-refractivity contribution in [2.24, 2.45) is 0 Å². The molecule has 1 amide bonds. The fraction of sp³-hybridized carbons (Fsp3) is 0.467. The van der Waals surface area contributed by atoms with Crippen molar-refractivity contribution < 1.29 is 9.59 Å². The van der Waals surface area contributed by atoms with Crippen molar-refractivity contribution in [3.8, 4) is 0 Å². The van der Waals surface area contributed by atoms with Gasteiger partial charge in [-0.15, -0.1) is 21.5 Å². The Balaban J connectivity index is 1.62. The molecule has 1 saturated carbocycles. The number of rotatable bonds is 7. The number of carbonyl (C=O) groups excluding carboxylic acids is 2. The quantitative estimate of drug-likeness (QED) is 0.423. The van der Waals surface area contributed by atoms with Crippen LogP contribution in [0.2, 0.25) is 0 Å². The molecule has 3 rings (SSSR count). The largest absolute Gasteiger partial charge is 0.292 e. The first-order valence-electron chi connectivity index (χ1n) is 7.46. The normalized spacial score (nSPS) is 14.0. The van der Waals surface area contributed by atoms with E-state index in [0.717, 1.165) is 26.9 Å². The molecule has 122 valence electrons. The van der Waals surface area contributed by atoms with E-state index in [1.54, 1.807) is 4.90 Å². The molecule has 0 saturated heterocycles. The third-order valence-electron chi connectivity index (χ3n) is 3.43. The Kier molecular flexibility index (Phi) is 5.13. The number of aryl methyl sites for hydroxylation is 1. The number of carbonyl (C=O) groups is 2. The average Bonchev–Trinajstić information content (AvgIpc) is 3.09. The van der Waals surface area contributed by atoms with Crippen LogP contribution in [-0.4, -0.2) is 33.7 Å². The molecule has 2 aromatic rings. The molecular formula is C15H17N3O2S3. The maximum absolute atomic E-state index is 12.1. The zero-order valence-electron chi connectivity index (χ0n) is 12.9. The highest BCUT2D eigenvalue weighted by molar-refractivity contribution is 8.01. The van der Waals surface area contributed by atoms with Gasteiger partial charge in [-0.1, -0.05) is 30.0 Å². The first-order chi connectivity index (χ1) is 11.1. The molecule has 1 aliphatic carbocycles. The fourth-order valence-electron chi connectivity index (χ4n) is 2.11. The van der Waals surface area contributed by atoms with E-state index in [0.29, 0.717) is 17.3 Å². The van der Waals surface area contributed by atoms with Gasteiger partial charge in [0.05, 0.1) is 10.6 Å². The second-order valence-electron chi connectivity index (χ2n) is 5.32. The number of ketones is 1. The molecule has 8 heteroatoms. The van der Waals surface area contributed by atoms with Crippen molar-refractivity contribution in [2.45, 2.75) is 43.5 Å². The summed E-state index contributed by atoms with van der Waals surface area (Å²) >= 11 is 4.29. The van der Waals surface area contributed by atoms with Crippen LogP contribution in [0.4, 0.5) is 5.13 Å². The minimum atomic E-state index is 0.0883. The summed E-state index contributed by atoms with van der Waals surface area (Å²) in [6, 6.07) is 4.10. The SMILES string of the molecule is CCC(=O)N(c1nnc(SCC(=O)c2ccc(C)s2)s1)C1CC1. The molecular weight excluding hydrogens is 350 g/mol. The minimum Gasteiger partial charge on any atom is -0.292 e. The van der Waals surface area contributed by atoms with Gasteiger partial charge < -0.3 is 0 Å². The molecule has 0 aromatic carbocycles. The molecule has 2 heterocycles. The molecule has 0 N–H and O–H groups in total. The summed E-state index contributed by atoms with van der Waals surface area (Å²) in [5.41, 5.74) is 0. The fourth-order valence-corrected chi connectivity index (χ4v) is 4.82. The maximum atomic E-state index is 12.1. The Morgan fingerprint density at radius 3 is 2.70 bits per heavy atom. The first kappa shape index (κ1) is 16.6. The van der Waals surface area contributed by atoms with Crippen LogP contribution < -0.4 is 4.90 Å². The smallest absolute Gasteiger partial charge is 0.228 e. The van der Waals surface area contributed by atoms with E-state index in [2.05, 4.69) is 10.2 Å². The van der Waals surface area contributed by atoms with Gasteiger partial charge in [-0.2, -0.15) is 0 Å². The zero-order valence-corrected chi connectivity index (χ0v) is 15.4. The van der Waals surface area contributed by atoms with Crippen LogP contribution in [-0.2, 0) is 4.79 Å². The molecule has 5 nitrogen and oxygen atoms in total. The summed E-state index contributed by atoms with van der Waals surface area (Å²) < 4.78 is 0.733. The van der Waals surface area contributed by atoms with Gasteiger partial charge in [-0.25, -0.2) is 0 Å². The predicted octanol–water partition coefficient (Wildman–Crippen LogP) is 3.79. The second kappa shape index (κ2) is 7.11. The third-order valence-corrected chi connectivity index (χ3v) is 6.52. The zero-order chi connectivity index (χ0) is 16.4. The predicted molar refractivity (Wildman–Crippen MR) is 94.8 cm³/mol. The van der Waals surface area contributed by atoms with Crippen LogP contribution in [0.25, 0.3) is 0 Å². The van der Waals surface area contributed by atoms with E-state index in [-0.39, 0.29) is 17.7 Å². The van der Waals surface area contributed by atoms with Crippen LogP contribution in [0.3, 0.4) is 0 Å². The summed E-state index contributed by atoms with van der Waals surface area (Å²) in [6.07, 6.45) is 2.53. The number of Topliss-reactive ketones (excluding diaryl/α,β-unsaturated/α-hetero) is 1. The van der Waals surface area contributed by atoms with Crippen molar-refractivity contribution >= 4 is 51.3 Å². The van der Waals surface area contributed by atoms with Gasteiger partial charge in [0.15, 0.2) is 10.1 Å². The van der Waals surface area contributed by atoms with Gasteiger partial charge in [0.1, 0.15) is 0 Å². The van der Waals surface area contributed by atoms with Gasteiger partial charge in [0.25, 0.3) is 0 Å². The number of nitrogens with zero attached hydrogens (tertiary/aromatic N) is 3. The Hall–Kier alpha value is -1.25. The van der Waals surface area contributed by atoms with Crippen molar-refractivity contribution in [2.75, 3.05) is 10.7 Å². The molecule has 0 aliphatic heterocycles. The van der Waals surface area contributed by atoms with Crippen LogP contribution in [0, 0.1) is 6.92 Å². The van der Waals surface area contributed by atoms with Gasteiger partial charge in [-0.3, -0.25) is 14.5 Å². The van der Waals surface area contributed by atoms with Gasteiger partial charge in [0, 0.05) is 17.3 Å². The number of anilines is 1. The summed E-state index contributed by atoms with van der Waals surface area (Å²) in [6.45, 7) is 3.85. The number of hydrogen-bond acceptors (Lipinski definition) is 7. The van der Waals surface area contributed by atoms with E-state index >= 15 is 0 Å². The minimum absolute atomic E-state index is 0.0883. The highest BCUT2D eigenvalue weighted by Gasteiger charge is 2.35. The van der Waals surface area contributed by atoms with Crippen molar-refractivity contribution in [1.82, 2.24) is 10.2 Å². The summed E-state index contributed by atoms with van der Waals surface area (Å²) in [5.74, 6) is 0.540. The summed E-state index contributed by atoms with van der Waals surface area (Å²) in [4.78, 5) is 27.9. The number of hydrogen-bond donors (Lipinski definition) is 0. The van der Waals surface area contributed by atoms with E-state index in [1.165, 1.54) is 34.4 Å². The summed E-state index contributed by atoms with van der Waals surface area (Å²) in [5, 5.41) is 8.92. The van der Waals surface area contributed by atoms with Crippen LogP contribution in [0.15, 0.2) is 16.5 Å². The topological polar surface area (TPSA) is 63.2 Å². The van der Waals surface area contributed by atoms with E-state index in [4.69, 9.17) is 0 Å². The van der Waals surface area contributed by atoms with Gasteiger partial charge >= 0.3 is 0 Å². The molecule has 2 aromatic heterocycles. The van der Waals surface area contributed by atoms with Crippen molar-refractivity contribution in [1.29, 1.82) is 0 Å². The molecule has 1 aliphatic rings. The molecule has 0 unspecified atom stereocenters.